The summed E-state index contributed by atoms with van der Waals surface area (Å²) in [6.07, 6.45) is 0.717. The van der Waals surface area contributed by atoms with Crippen LogP contribution in [-0.4, -0.2) is 48.4 Å². The minimum absolute atomic E-state index is 0.131. The molecule has 2 heterocycles. The van der Waals surface area contributed by atoms with E-state index in [0.29, 0.717) is 24.3 Å². The van der Waals surface area contributed by atoms with Crippen LogP contribution in [0.15, 0.2) is 84.9 Å². The lowest BCUT2D eigenvalue weighted by atomic mass is 9.95. The van der Waals surface area contributed by atoms with Crippen molar-refractivity contribution in [1.29, 1.82) is 0 Å². The molecule has 0 aliphatic carbocycles. The molecule has 0 aromatic heterocycles. The van der Waals surface area contributed by atoms with Gasteiger partial charge in [-0.05, 0) is 29.7 Å². The van der Waals surface area contributed by atoms with Crippen molar-refractivity contribution in [3.63, 3.8) is 0 Å². The second kappa shape index (κ2) is 11.6. The van der Waals surface area contributed by atoms with Crippen LogP contribution < -0.4 is 5.32 Å². The number of nitrogens with one attached hydrogen (secondary N) is 1. The first-order valence-electron chi connectivity index (χ1n) is 12.8. The first-order chi connectivity index (χ1) is 18.5. The number of imide groups is 1. The highest BCUT2D eigenvalue weighted by atomic mass is 16.7. The van der Waals surface area contributed by atoms with Gasteiger partial charge in [0.15, 0.2) is 5.79 Å². The average Bonchev–Trinajstić information content (AvgIpc) is 3.21. The van der Waals surface area contributed by atoms with Gasteiger partial charge in [0.05, 0.1) is 30.4 Å². The molecule has 1 N–H and O–H groups in total. The highest BCUT2D eigenvalue weighted by Gasteiger charge is 2.42. The summed E-state index contributed by atoms with van der Waals surface area (Å²) in [5, 5.41) is 2.97. The molecule has 1 atom stereocenters. The van der Waals surface area contributed by atoms with Crippen LogP contribution in [0.1, 0.15) is 57.1 Å². The van der Waals surface area contributed by atoms with Crippen molar-refractivity contribution < 1.29 is 28.6 Å². The van der Waals surface area contributed by atoms with E-state index in [1.165, 1.54) is 4.90 Å². The normalized spacial score (nSPS) is 17.1. The second-order valence-electron chi connectivity index (χ2n) is 9.39. The van der Waals surface area contributed by atoms with Gasteiger partial charge in [0.1, 0.15) is 6.61 Å². The third kappa shape index (κ3) is 5.77. The van der Waals surface area contributed by atoms with Crippen LogP contribution >= 0.6 is 0 Å². The molecule has 2 aliphatic heterocycles. The number of ether oxygens (including phenoxy) is 3. The molecule has 2 aliphatic rings. The number of rotatable bonds is 9. The molecule has 196 valence electrons. The standard InChI is InChI=1S/C30H30N2O6/c33-27-24-14-7-8-15-25(24)28(34)32(27)17-16-30(37-18-9-19-38-30)20-26(23-12-5-2-6-13-23)31-29(35)36-21-22-10-3-1-4-11-22/h1-8,10-15,26H,9,16-21H2,(H,31,35)/t26-/m0/s1. The Balaban J connectivity index is 1.31. The van der Waals surface area contributed by atoms with Gasteiger partial charge in [0, 0.05) is 19.4 Å². The molecule has 1 fully saturated rings. The summed E-state index contributed by atoms with van der Waals surface area (Å²) in [6, 6.07) is 25.3. The van der Waals surface area contributed by atoms with Crippen molar-refractivity contribution in [1.82, 2.24) is 10.2 Å². The molecular weight excluding hydrogens is 484 g/mol. The van der Waals surface area contributed by atoms with E-state index in [1.807, 2.05) is 60.7 Å². The second-order valence-corrected chi connectivity index (χ2v) is 9.39. The first-order valence-corrected chi connectivity index (χ1v) is 12.8. The Hall–Kier alpha value is -4.01. The molecule has 3 aromatic carbocycles. The quantitative estimate of drug-likeness (QED) is 0.410. The third-order valence-corrected chi connectivity index (χ3v) is 6.84. The van der Waals surface area contributed by atoms with Crippen molar-refractivity contribution in [3.05, 3.63) is 107 Å². The lowest BCUT2D eigenvalue weighted by Gasteiger charge is -2.40. The fourth-order valence-corrected chi connectivity index (χ4v) is 4.86. The van der Waals surface area contributed by atoms with E-state index in [9.17, 15) is 14.4 Å². The van der Waals surface area contributed by atoms with E-state index in [-0.39, 0.29) is 37.8 Å². The molecule has 3 amide bonds. The molecule has 3 aromatic rings. The molecule has 1 saturated heterocycles. The minimum atomic E-state index is -1.10. The smallest absolute Gasteiger partial charge is 0.407 e. The molecule has 8 heteroatoms. The molecule has 5 rings (SSSR count). The molecule has 8 nitrogen and oxygen atoms in total. The molecule has 0 spiro atoms. The fourth-order valence-electron chi connectivity index (χ4n) is 4.86. The van der Waals surface area contributed by atoms with Crippen molar-refractivity contribution in [2.24, 2.45) is 0 Å². The van der Waals surface area contributed by atoms with Crippen LogP contribution in [0.4, 0.5) is 4.79 Å². The van der Waals surface area contributed by atoms with Crippen LogP contribution in [0, 0.1) is 0 Å². The molecule has 0 bridgehead atoms. The maximum absolute atomic E-state index is 12.9. The van der Waals surface area contributed by atoms with E-state index < -0.39 is 17.9 Å². The van der Waals surface area contributed by atoms with E-state index in [2.05, 4.69) is 5.32 Å². The van der Waals surface area contributed by atoms with Gasteiger partial charge in [0.25, 0.3) is 11.8 Å². The Morgan fingerprint density at radius 1 is 0.868 bits per heavy atom. The fraction of sp³-hybridized carbons (Fsp3) is 0.300. The Kier molecular flexibility index (Phi) is 7.81. The van der Waals surface area contributed by atoms with Crippen LogP contribution in [-0.2, 0) is 20.8 Å². The van der Waals surface area contributed by atoms with Gasteiger partial charge in [-0.1, -0.05) is 72.8 Å². The van der Waals surface area contributed by atoms with E-state index in [1.54, 1.807) is 24.3 Å². The number of fused-ring (bicyclic) bond motifs is 1. The van der Waals surface area contributed by atoms with Crippen molar-refractivity contribution >= 4 is 17.9 Å². The number of nitrogens with zero attached hydrogens (tertiary/aromatic N) is 1. The summed E-state index contributed by atoms with van der Waals surface area (Å²) in [4.78, 5) is 39.9. The summed E-state index contributed by atoms with van der Waals surface area (Å²) in [7, 11) is 0. The Morgan fingerprint density at radius 3 is 2.08 bits per heavy atom. The number of hydrogen-bond donors (Lipinski definition) is 1. The van der Waals surface area contributed by atoms with Gasteiger partial charge in [-0.15, -0.1) is 0 Å². The minimum Gasteiger partial charge on any atom is -0.445 e. The highest BCUT2D eigenvalue weighted by molar-refractivity contribution is 6.21. The summed E-state index contributed by atoms with van der Waals surface area (Å²) in [5.41, 5.74) is 2.56. The van der Waals surface area contributed by atoms with Crippen LogP contribution in [0.5, 0.6) is 0 Å². The van der Waals surface area contributed by atoms with Crippen molar-refractivity contribution in [2.45, 2.75) is 37.7 Å². The summed E-state index contributed by atoms with van der Waals surface area (Å²) >= 11 is 0. The summed E-state index contributed by atoms with van der Waals surface area (Å²) in [5.74, 6) is -1.74. The number of carbonyl (C=O) groups excluding carboxylic acids is 3. The van der Waals surface area contributed by atoms with Crippen molar-refractivity contribution in [3.8, 4) is 0 Å². The number of benzene rings is 3. The predicted octanol–water partition coefficient (Wildman–Crippen LogP) is 4.86. The number of amides is 3. The monoisotopic (exact) mass is 514 g/mol. The lowest BCUT2D eigenvalue weighted by Crippen LogP contribution is -2.47. The predicted molar refractivity (Wildman–Crippen MR) is 139 cm³/mol. The van der Waals surface area contributed by atoms with Crippen LogP contribution in [0.3, 0.4) is 0 Å². The topological polar surface area (TPSA) is 94.2 Å². The summed E-state index contributed by atoms with van der Waals surface area (Å²) in [6.45, 7) is 1.22. The molecule has 0 saturated carbocycles. The number of alkyl carbamates (subject to hydrolysis) is 1. The van der Waals surface area contributed by atoms with E-state index in [0.717, 1.165) is 17.5 Å². The first kappa shape index (κ1) is 25.6. The van der Waals surface area contributed by atoms with E-state index >= 15 is 0 Å². The van der Waals surface area contributed by atoms with Gasteiger partial charge < -0.3 is 19.5 Å². The maximum Gasteiger partial charge on any atom is 0.407 e. The molecule has 38 heavy (non-hydrogen) atoms. The molecule has 0 unspecified atom stereocenters. The SMILES string of the molecule is O=C(N[C@@H](CC1(CCN2C(=O)c3ccccc3C2=O)OCCCO1)c1ccccc1)OCc1ccccc1. The Labute approximate surface area is 221 Å². The lowest BCUT2D eigenvalue weighted by molar-refractivity contribution is -0.276. The van der Waals surface area contributed by atoms with Crippen molar-refractivity contribution in [2.75, 3.05) is 19.8 Å². The van der Waals surface area contributed by atoms with Gasteiger partial charge in [-0.3, -0.25) is 14.5 Å². The zero-order valence-corrected chi connectivity index (χ0v) is 21.0. The maximum atomic E-state index is 12.9. The largest absolute Gasteiger partial charge is 0.445 e. The van der Waals surface area contributed by atoms with Gasteiger partial charge in [-0.2, -0.15) is 0 Å². The number of hydrogen-bond acceptors (Lipinski definition) is 6. The molecular formula is C30H30N2O6. The van der Waals surface area contributed by atoms with Crippen LogP contribution in [0.25, 0.3) is 0 Å². The van der Waals surface area contributed by atoms with Gasteiger partial charge in [-0.25, -0.2) is 4.79 Å². The van der Waals surface area contributed by atoms with E-state index in [4.69, 9.17) is 14.2 Å². The van der Waals surface area contributed by atoms with Gasteiger partial charge >= 0.3 is 6.09 Å². The molecule has 0 radical (unpaired) electrons. The zero-order valence-electron chi connectivity index (χ0n) is 21.0. The van der Waals surface area contributed by atoms with Gasteiger partial charge in [0.2, 0.25) is 0 Å². The van der Waals surface area contributed by atoms with Crippen LogP contribution in [0.2, 0.25) is 0 Å². The number of carbonyl (C=O) groups is 3. The third-order valence-electron chi connectivity index (χ3n) is 6.84. The average molecular weight is 515 g/mol. The Bertz CT molecular complexity index is 1240. The summed E-state index contributed by atoms with van der Waals surface area (Å²) < 4.78 is 17.8. The zero-order chi connectivity index (χ0) is 26.4. The Morgan fingerprint density at radius 2 is 1.45 bits per heavy atom. The highest BCUT2D eigenvalue weighted by Crippen LogP contribution is 2.35.